The standard InChI is InChI=1S/C16H28O4/c1-4-7-9-14(6-3)13-20-16(18)11-8-10-15(17)19-12-5-2/h5,14H,2,4,6-13H2,1,3H3. The zero-order chi connectivity index (χ0) is 15.2. The van der Waals surface area contributed by atoms with Crippen molar-refractivity contribution in [1.82, 2.24) is 0 Å². The molecule has 0 aliphatic rings. The Labute approximate surface area is 122 Å². The zero-order valence-corrected chi connectivity index (χ0v) is 12.9. The average molecular weight is 284 g/mol. The third kappa shape index (κ3) is 10.6. The summed E-state index contributed by atoms with van der Waals surface area (Å²) in [4.78, 5) is 22.7. The third-order valence-electron chi connectivity index (χ3n) is 3.15. The van der Waals surface area contributed by atoms with Gasteiger partial charge < -0.3 is 9.47 Å². The lowest BCUT2D eigenvalue weighted by Gasteiger charge is -2.14. The summed E-state index contributed by atoms with van der Waals surface area (Å²) in [6, 6.07) is 0. The number of hydrogen-bond donors (Lipinski definition) is 0. The summed E-state index contributed by atoms with van der Waals surface area (Å²) in [6.45, 7) is 8.45. The fourth-order valence-electron chi connectivity index (χ4n) is 1.78. The number of unbranched alkanes of at least 4 members (excludes halogenated alkanes) is 1. The number of esters is 2. The summed E-state index contributed by atoms with van der Waals surface area (Å²) < 4.78 is 10.1. The SMILES string of the molecule is C=CCOC(=O)CCCC(=O)OCC(CC)CCCC. The molecule has 0 rings (SSSR count). The van der Waals surface area contributed by atoms with E-state index in [1.54, 1.807) is 0 Å². The highest BCUT2D eigenvalue weighted by molar-refractivity contribution is 5.72. The van der Waals surface area contributed by atoms with Gasteiger partial charge in [-0.25, -0.2) is 0 Å². The van der Waals surface area contributed by atoms with Gasteiger partial charge >= 0.3 is 11.9 Å². The van der Waals surface area contributed by atoms with Crippen LogP contribution in [0.4, 0.5) is 0 Å². The van der Waals surface area contributed by atoms with Crippen molar-refractivity contribution < 1.29 is 19.1 Å². The Morgan fingerprint density at radius 3 is 2.30 bits per heavy atom. The molecule has 0 aromatic heterocycles. The summed E-state index contributed by atoms with van der Waals surface area (Å²) in [6.07, 6.45) is 6.98. The van der Waals surface area contributed by atoms with Crippen LogP contribution in [-0.4, -0.2) is 25.2 Å². The minimum Gasteiger partial charge on any atom is -0.465 e. The van der Waals surface area contributed by atoms with Crippen LogP contribution in [0, 0.1) is 5.92 Å². The molecule has 20 heavy (non-hydrogen) atoms. The average Bonchev–Trinajstić information content (AvgIpc) is 2.45. The van der Waals surface area contributed by atoms with Gasteiger partial charge in [-0.15, -0.1) is 0 Å². The fraction of sp³-hybridized carbons (Fsp3) is 0.750. The van der Waals surface area contributed by atoms with Crippen molar-refractivity contribution in [2.45, 2.75) is 58.8 Å². The maximum Gasteiger partial charge on any atom is 0.306 e. The first-order valence-corrected chi connectivity index (χ1v) is 7.56. The second-order valence-electron chi connectivity index (χ2n) is 4.92. The Morgan fingerprint density at radius 1 is 1.10 bits per heavy atom. The van der Waals surface area contributed by atoms with E-state index < -0.39 is 0 Å². The van der Waals surface area contributed by atoms with E-state index in [2.05, 4.69) is 20.4 Å². The van der Waals surface area contributed by atoms with E-state index in [-0.39, 0.29) is 31.4 Å². The van der Waals surface area contributed by atoms with Crippen molar-refractivity contribution in [1.29, 1.82) is 0 Å². The normalized spacial score (nSPS) is 11.7. The van der Waals surface area contributed by atoms with Crippen LogP contribution in [0.25, 0.3) is 0 Å². The van der Waals surface area contributed by atoms with E-state index in [4.69, 9.17) is 9.47 Å². The van der Waals surface area contributed by atoms with Crippen LogP contribution in [0.1, 0.15) is 58.8 Å². The molecule has 0 saturated heterocycles. The van der Waals surface area contributed by atoms with Crippen LogP contribution >= 0.6 is 0 Å². The van der Waals surface area contributed by atoms with Crippen molar-refractivity contribution in [3.8, 4) is 0 Å². The van der Waals surface area contributed by atoms with Gasteiger partial charge in [-0.05, 0) is 18.8 Å². The van der Waals surface area contributed by atoms with Gasteiger partial charge in [0.2, 0.25) is 0 Å². The molecule has 1 unspecified atom stereocenters. The largest absolute Gasteiger partial charge is 0.465 e. The topological polar surface area (TPSA) is 52.6 Å². The molecular weight excluding hydrogens is 256 g/mol. The molecule has 0 N–H and O–H groups in total. The smallest absolute Gasteiger partial charge is 0.306 e. The predicted octanol–water partition coefficient (Wildman–Crippen LogP) is 3.65. The molecule has 0 aromatic carbocycles. The molecular formula is C16H28O4. The van der Waals surface area contributed by atoms with Crippen LogP contribution < -0.4 is 0 Å². The van der Waals surface area contributed by atoms with Gasteiger partial charge in [0.1, 0.15) is 6.61 Å². The second-order valence-corrected chi connectivity index (χ2v) is 4.92. The number of ether oxygens (including phenoxy) is 2. The van der Waals surface area contributed by atoms with Crippen LogP contribution in [-0.2, 0) is 19.1 Å². The first kappa shape index (κ1) is 18.7. The summed E-state index contributed by atoms with van der Waals surface area (Å²) in [5, 5.41) is 0. The maximum atomic E-state index is 11.5. The molecule has 0 heterocycles. The van der Waals surface area contributed by atoms with E-state index >= 15 is 0 Å². The van der Waals surface area contributed by atoms with Crippen molar-refractivity contribution in [3.63, 3.8) is 0 Å². The highest BCUT2D eigenvalue weighted by Crippen LogP contribution is 2.13. The quantitative estimate of drug-likeness (QED) is 0.405. The van der Waals surface area contributed by atoms with Crippen molar-refractivity contribution >= 4 is 11.9 Å². The van der Waals surface area contributed by atoms with Gasteiger partial charge in [-0.2, -0.15) is 0 Å². The lowest BCUT2D eigenvalue weighted by atomic mass is 10.0. The molecule has 0 aliphatic carbocycles. The molecule has 0 saturated carbocycles. The van der Waals surface area contributed by atoms with E-state index in [0.29, 0.717) is 18.9 Å². The summed E-state index contributed by atoms with van der Waals surface area (Å²) in [7, 11) is 0. The van der Waals surface area contributed by atoms with Crippen LogP contribution in [0.15, 0.2) is 12.7 Å². The van der Waals surface area contributed by atoms with Crippen LogP contribution in [0.2, 0.25) is 0 Å². The first-order valence-electron chi connectivity index (χ1n) is 7.56. The number of carbonyl (C=O) groups is 2. The predicted molar refractivity (Wildman–Crippen MR) is 79.3 cm³/mol. The highest BCUT2D eigenvalue weighted by atomic mass is 16.5. The Bertz CT molecular complexity index is 286. The molecule has 4 nitrogen and oxygen atoms in total. The molecule has 0 fully saturated rings. The van der Waals surface area contributed by atoms with E-state index in [0.717, 1.165) is 19.3 Å². The van der Waals surface area contributed by atoms with Crippen LogP contribution in [0.5, 0.6) is 0 Å². The second kappa shape index (κ2) is 12.7. The minimum absolute atomic E-state index is 0.221. The minimum atomic E-state index is -0.299. The Morgan fingerprint density at radius 2 is 1.75 bits per heavy atom. The van der Waals surface area contributed by atoms with Gasteiger partial charge in [0, 0.05) is 12.8 Å². The molecule has 4 heteroatoms. The number of carbonyl (C=O) groups excluding carboxylic acids is 2. The zero-order valence-electron chi connectivity index (χ0n) is 12.9. The maximum absolute atomic E-state index is 11.5. The van der Waals surface area contributed by atoms with Gasteiger partial charge in [-0.1, -0.05) is 45.8 Å². The molecule has 1 atom stereocenters. The molecule has 0 spiro atoms. The van der Waals surface area contributed by atoms with Crippen molar-refractivity contribution in [2.24, 2.45) is 5.92 Å². The Balaban J connectivity index is 3.66. The summed E-state index contributed by atoms with van der Waals surface area (Å²) >= 11 is 0. The molecule has 0 aliphatic heterocycles. The first-order chi connectivity index (χ1) is 9.63. The highest BCUT2D eigenvalue weighted by Gasteiger charge is 2.11. The Kier molecular flexibility index (Phi) is 11.9. The Hall–Kier alpha value is -1.32. The number of rotatable bonds is 12. The lowest BCUT2D eigenvalue weighted by molar-refractivity contribution is -0.146. The van der Waals surface area contributed by atoms with E-state index in [9.17, 15) is 9.59 Å². The van der Waals surface area contributed by atoms with Gasteiger partial charge in [0.15, 0.2) is 0 Å². The summed E-state index contributed by atoms with van der Waals surface area (Å²) in [5.74, 6) is -0.0694. The fourth-order valence-corrected chi connectivity index (χ4v) is 1.78. The molecule has 116 valence electrons. The van der Waals surface area contributed by atoms with E-state index in [1.807, 2.05) is 0 Å². The molecule has 0 aromatic rings. The van der Waals surface area contributed by atoms with Crippen molar-refractivity contribution in [3.05, 3.63) is 12.7 Å². The lowest BCUT2D eigenvalue weighted by Crippen LogP contribution is -2.14. The summed E-state index contributed by atoms with van der Waals surface area (Å²) in [5.41, 5.74) is 0. The molecule has 0 radical (unpaired) electrons. The van der Waals surface area contributed by atoms with Crippen LogP contribution in [0.3, 0.4) is 0 Å². The van der Waals surface area contributed by atoms with Gasteiger partial charge in [0.05, 0.1) is 6.61 Å². The molecule has 0 amide bonds. The van der Waals surface area contributed by atoms with Gasteiger partial charge in [-0.3, -0.25) is 9.59 Å². The third-order valence-corrected chi connectivity index (χ3v) is 3.15. The monoisotopic (exact) mass is 284 g/mol. The van der Waals surface area contributed by atoms with Crippen molar-refractivity contribution in [2.75, 3.05) is 13.2 Å². The molecule has 0 bridgehead atoms. The van der Waals surface area contributed by atoms with E-state index in [1.165, 1.54) is 12.5 Å². The van der Waals surface area contributed by atoms with Gasteiger partial charge in [0.25, 0.3) is 0 Å². The number of hydrogen-bond acceptors (Lipinski definition) is 4.